The van der Waals surface area contributed by atoms with E-state index < -0.39 is 23.9 Å². The second kappa shape index (κ2) is 9.92. The first-order chi connectivity index (χ1) is 16.4. The second-order valence-electron chi connectivity index (χ2n) is 7.73. The summed E-state index contributed by atoms with van der Waals surface area (Å²) in [5.74, 6) is 0.417. The Morgan fingerprint density at radius 1 is 1.26 bits per heavy atom. The Kier molecular flexibility index (Phi) is 6.96. The number of carbonyl (C=O) groups is 1. The molecule has 1 fully saturated rings. The van der Waals surface area contributed by atoms with Crippen LogP contribution in [0.4, 0.5) is 13.9 Å². The van der Waals surface area contributed by atoms with E-state index in [-0.39, 0.29) is 22.8 Å². The monoisotopic (exact) mass is 493 g/mol. The van der Waals surface area contributed by atoms with Crippen LogP contribution in [0.3, 0.4) is 0 Å². The van der Waals surface area contributed by atoms with Crippen molar-refractivity contribution in [2.45, 2.75) is 45.3 Å². The molecule has 1 N–H and O–H groups in total. The first kappa shape index (κ1) is 23.9. The van der Waals surface area contributed by atoms with Crippen molar-refractivity contribution >= 4 is 32.7 Å². The van der Waals surface area contributed by atoms with Gasteiger partial charge in [0.25, 0.3) is 12.0 Å². The minimum Gasteiger partial charge on any atom is -0.493 e. The Morgan fingerprint density at radius 2 is 2.03 bits per heavy atom. The zero-order valence-electron chi connectivity index (χ0n) is 19.0. The Hall–Kier alpha value is -3.28. The van der Waals surface area contributed by atoms with E-state index >= 15 is 0 Å². The predicted octanol–water partition coefficient (Wildman–Crippen LogP) is 3.11. The van der Waals surface area contributed by atoms with E-state index in [0.717, 1.165) is 27.9 Å². The first-order valence-electron chi connectivity index (χ1n) is 10.8. The molecule has 12 heteroatoms. The number of hydrogen-bond acceptors (Lipinski definition) is 8. The van der Waals surface area contributed by atoms with Gasteiger partial charge in [0.05, 0.1) is 14.2 Å². The molecular formula is C22H25F2N5O4S. The van der Waals surface area contributed by atoms with Crippen LogP contribution < -0.4 is 25.2 Å². The molecular weight excluding hydrogens is 468 g/mol. The van der Waals surface area contributed by atoms with Gasteiger partial charge in [-0.1, -0.05) is 17.4 Å². The summed E-state index contributed by atoms with van der Waals surface area (Å²) in [6.45, 7) is 2.54. The molecule has 1 amide bonds. The highest BCUT2D eigenvalue weighted by Gasteiger charge is 2.33. The van der Waals surface area contributed by atoms with Gasteiger partial charge in [0, 0.05) is 19.6 Å². The van der Waals surface area contributed by atoms with Crippen LogP contribution >= 0.6 is 11.3 Å². The summed E-state index contributed by atoms with van der Waals surface area (Å²) in [4.78, 5) is 36.0. The molecule has 1 saturated heterocycles. The normalized spacial score (nSPS) is 15.8. The van der Waals surface area contributed by atoms with Gasteiger partial charge < -0.3 is 19.7 Å². The highest BCUT2D eigenvalue weighted by Crippen LogP contribution is 2.33. The summed E-state index contributed by atoms with van der Waals surface area (Å²) in [5, 5.41) is 3.36. The minimum atomic E-state index is -2.87. The molecule has 1 atom stereocenters. The van der Waals surface area contributed by atoms with Gasteiger partial charge in [-0.15, -0.1) is 0 Å². The number of thiazole rings is 1. The first-order valence-corrected chi connectivity index (χ1v) is 11.6. The van der Waals surface area contributed by atoms with Gasteiger partial charge in [0.2, 0.25) is 5.91 Å². The zero-order valence-corrected chi connectivity index (χ0v) is 19.8. The van der Waals surface area contributed by atoms with E-state index in [1.54, 1.807) is 33.3 Å². The maximum Gasteiger partial charge on any atom is 0.295 e. The van der Waals surface area contributed by atoms with Gasteiger partial charge in [-0.3, -0.25) is 14.2 Å². The highest BCUT2D eigenvalue weighted by atomic mass is 32.1. The number of halogens is 2. The van der Waals surface area contributed by atoms with Gasteiger partial charge in [0.1, 0.15) is 6.04 Å². The van der Waals surface area contributed by atoms with Crippen LogP contribution in [0, 0.1) is 0 Å². The second-order valence-corrected chi connectivity index (χ2v) is 8.68. The van der Waals surface area contributed by atoms with E-state index in [0.29, 0.717) is 36.1 Å². The lowest BCUT2D eigenvalue weighted by Crippen LogP contribution is -2.43. The van der Waals surface area contributed by atoms with Crippen LogP contribution in [0.5, 0.6) is 11.5 Å². The SMILES string of the molecule is CCn1c(C(F)F)nc2sc(N3CCC[C@@H]3C(=O)NCc3ccc(OC)c(OC)c3)nc2c1=O. The standard InChI is InChI=1S/C22H25F2N5O4S/c1-4-28-18(17(23)24)27-20-16(21(28)31)26-22(34-20)29-9-5-6-13(29)19(30)25-11-12-7-8-14(32-2)15(10-12)33-3/h7-8,10,13,17H,4-6,9,11H2,1-3H3,(H,25,30)/t13-/m1/s1. The Labute approximate surface area is 198 Å². The van der Waals surface area contributed by atoms with Crippen LogP contribution in [0.2, 0.25) is 0 Å². The summed E-state index contributed by atoms with van der Waals surface area (Å²) in [5.41, 5.74) is 0.293. The van der Waals surface area contributed by atoms with Crippen LogP contribution in [0.1, 0.15) is 37.6 Å². The number of hydrogen-bond donors (Lipinski definition) is 1. The van der Waals surface area contributed by atoms with Crippen molar-refractivity contribution in [1.82, 2.24) is 19.9 Å². The fraction of sp³-hybridized carbons (Fsp3) is 0.455. The van der Waals surface area contributed by atoms with E-state index in [1.165, 1.54) is 0 Å². The van der Waals surface area contributed by atoms with Gasteiger partial charge in [0.15, 0.2) is 32.8 Å². The lowest BCUT2D eigenvalue weighted by Gasteiger charge is -2.23. The van der Waals surface area contributed by atoms with Gasteiger partial charge in [-0.2, -0.15) is 0 Å². The quantitative estimate of drug-likeness (QED) is 0.515. The third-order valence-electron chi connectivity index (χ3n) is 5.77. The van der Waals surface area contributed by atoms with E-state index in [1.807, 2.05) is 11.0 Å². The predicted molar refractivity (Wildman–Crippen MR) is 124 cm³/mol. The molecule has 0 saturated carbocycles. The van der Waals surface area contributed by atoms with E-state index in [9.17, 15) is 18.4 Å². The fourth-order valence-electron chi connectivity index (χ4n) is 4.07. The maximum atomic E-state index is 13.4. The van der Waals surface area contributed by atoms with E-state index in [2.05, 4.69) is 15.3 Å². The summed E-state index contributed by atoms with van der Waals surface area (Å²) in [7, 11) is 3.10. The molecule has 0 bridgehead atoms. The molecule has 9 nitrogen and oxygen atoms in total. The number of alkyl halides is 2. The van der Waals surface area contributed by atoms with Crippen LogP contribution in [0.15, 0.2) is 23.0 Å². The summed E-state index contributed by atoms with van der Waals surface area (Å²) < 4.78 is 38.3. The van der Waals surface area contributed by atoms with Gasteiger partial charge in [-0.25, -0.2) is 18.7 Å². The van der Waals surface area contributed by atoms with Crippen molar-refractivity contribution in [3.8, 4) is 11.5 Å². The topological polar surface area (TPSA) is 98.6 Å². The molecule has 0 aliphatic carbocycles. The molecule has 0 unspecified atom stereocenters. The number of methoxy groups -OCH3 is 2. The number of fused-ring (bicyclic) bond motifs is 1. The number of amides is 1. The smallest absolute Gasteiger partial charge is 0.295 e. The number of rotatable bonds is 8. The number of anilines is 1. The molecule has 3 heterocycles. The van der Waals surface area contributed by atoms with E-state index in [4.69, 9.17) is 9.47 Å². The molecule has 0 radical (unpaired) electrons. The van der Waals surface area contributed by atoms with Gasteiger partial charge in [-0.05, 0) is 37.5 Å². The highest BCUT2D eigenvalue weighted by molar-refractivity contribution is 7.21. The van der Waals surface area contributed by atoms with Gasteiger partial charge >= 0.3 is 0 Å². The molecule has 2 aromatic heterocycles. The van der Waals surface area contributed by atoms with Crippen molar-refractivity contribution in [2.24, 2.45) is 0 Å². The zero-order chi connectivity index (χ0) is 24.4. The molecule has 3 aromatic rings. The van der Waals surface area contributed by atoms with Crippen molar-refractivity contribution < 1.29 is 23.0 Å². The van der Waals surface area contributed by atoms with Crippen molar-refractivity contribution in [2.75, 3.05) is 25.7 Å². The molecule has 1 aromatic carbocycles. The van der Waals surface area contributed by atoms with Crippen LogP contribution in [-0.2, 0) is 17.9 Å². The Balaban J connectivity index is 1.54. The van der Waals surface area contributed by atoms with Crippen molar-refractivity contribution in [3.05, 3.63) is 39.9 Å². The third-order valence-corrected chi connectivity index (χ3v) is 6.75. The largest absolute Gasteiger partial charge is 0.493 e. The maximum absolute atomic E-state index is 13.4. The number of carbonyl (C=O) groups excluding carboxylic acids is 1. The third kappa shape index (κ3) is 4.41. The molecule has 4 rings (SSSR count). The Morgan fingerprint density at radius 3 is 2.71 bits per heavy atom. The minimum absolute atomic E-state index is 0.0441. The number of ether oxygens (including phenoxy) is 2. The summed E-state index contributed by atoms with van der Waals surface area (Å²) in [6, 6.07) is 4.92. The summed E-state index contributed by atoms with van der Waals surface area (Å²) >= 11 is 1.05. The van der Waals surface area contributed by atoms with Crippen LogP contribution in [0.25, 0.3) is 10.3 Å². The lowest BCUT2D eigenvalue weighted by atomic mass is 10.1. The van der Waals surface area contributed by atoms with Crippen LogP contribution in [-0.4, -0.2) is 47.2 Å². The number of nitrogens with one attached hydrogen (secondary N) is 1. The fourth-order valence-corrected chi connectivity index (χ4v) is 5.09. The average molecular weight is 494 g/mol. The molecule has 1 aliphatic rings. The summed E-state index contributed by atoms with van der Waals surface area (Å²) in [6.07, 6.45) is -1.49. The van der Waals surface area contributed by atoms with Crippen molar-refractivity contribution in [3.63, 3.8) is 0 Å². The number of nitrogens with zero attached hydrogens (tertiary/aromatic N) is 4. The Bertz CT molecular complexity index is 1260. The molecule has 0 spiro atoms. The van der Waals surface area contributed by atoms with Crippen molar-refractivity contribution in [1.29, 1.82) is 0 Å². The number of benzene rings is 1. The number of aromatic nitrogens is 3. The molecule has 182 valence electrons. The molecule has 1 aliphatic heterocycles. The molecule has 34 heavy (non-hydrogen) atoms. The average Bonchev–Trinajstić information content (AvgIpc) is 3.49. The lowest BCUT2D eigenvalue weighted by molar-refractivity contribution is -0.122.